The molecule has 0 aromatic carbocycles. The first-order chi connectivity index (χ1) is 12.6. The van der Waals surface area contributed by atoms with E-state index < -0.39 is 5.97 Å². The van der Waals surface area contributed by atoms with Crippen LogP contribution in [0.15, 0.2) is 18.3 Å². The standard InChI is InChI=1S/C19H25N3O4/c23-18(13-5-7-26-8-6-13)21-16-11-22(10-15(16)12-1-2-12)17-4-3-14(9-20-17)19(24)25/h3-4,9,12-13,15-16H,1-2,5-8,10-11H2,(H,21,23)(H,24,25)/t15-,16+/m1/s1. The molecule has 0 unspecified atom stereocenters. The summed E-state index contributed by atoms with van der Waals surface area (Å²) in [6.45, 7) is 2.93. The number of anilines is 1. The number of hydrogen-bond acceptors (Lipinski definition) is 5. The Hall–Kier alpha value is -2.15. The van der Waals surface area contributed by atoms with E-state index in [4.69, 9.17) is 9.84 Å². The highest BCUT2D eigenvalue weighted by Crippen LogP contribution is 2.42. The molecule has 140 valence electrons. The lowest BCUT2D eigenvalue weighted by atomic mass is 9.95. The van der Waals surface area contributed by atoms with Gasteiger partial charge in [-0.15, -0.1) is 0 Å². The summed E-state index contributed by atoms with van der Waals surface area (Å²) in [6.07, 6.45) is 5.46. The maximum Gasteiger partial charge on any atom is 0.337 e. The lowest BCUT2D eigenvalue weighted by molar-refractivity contribution is -0.128. The largest absolute Gasteiger partial charge is 0.478 e. The zero-order valence-electron chi connectivity index (χ0n) is 14.8. The summed E-state index contributed by atoms with van der Waals surface area (Å²) in [5.74, 6) is 1.15. The van der Waals surface area contributed by atoms with Crippen LogP contribution in [0.1, 0.15) is 36.0 Å². The van der Waals surface area contributed by atoms with Crippen LogP contribution in [-0.2, 0) is 9.53 Å². The molecule has 2 atom stereocenters. The Kier molecular flexibility index (Phi) is 4.80. The van der Waals surface area contributed by atoms with Crippen LogP contribution in [0.4, 0.5) is 5.82 Å². The van der Waals surface area contributed by atoms with Gasteiger partial charge in [0, 0.05) is 44.3 Å². The molecule has 1 amide bonds. The van der Waals surface area contributed by atoms with Crippen LogP contribution in [0.5, 0.6) is 0 Å². The van der Waals surface area contributed by atoms with E-state index in [9.17, 15) is 9.59 Å². The number of aromatic carboxylic acids is 1. The zero-order valence-corrected chi connectivity index (χ0v) is 14.8. The van der Waals surface area contributed by atoms with Gasteiger partial charge < -0.3 is 20.1 Å². The van der Waals surface area contributed by atoms with Crippen molar-refractivity contribution >= 4 is 17.7 Å². The average molecular weight is 359 g/mol. The van der Waals surface area contributed by atoms with Gasteiger partial charge in [-0.25, -0.2) is 9.78 Å². The molecule has 3 heterocycles. The minimum atomic E-state index is -0.970. The number of amides is 1. The lowest BCUT2D eigenvalue weighted by Crippen LogP contribution is -2.45. The zero-order chi connectivity index (χ0) is 18.1. The molecule has 2 saturated heterocycles. The number of aromatic nitrogens is 1. The SMILES string of the molecule is O=C(O)c1ccc(N2C[C@H](NC(=O)C3CCOCC3)[C@@H](C3CC3)C2)nc1. The summed E-state index contributed by atoms with van der Waals surface area (Å²) in [5.41, 5.74) is 0.191. The number of carboxylic acids is 1. The molecule has 7 nitrogen and oxygen atoms in total. The van der Waals surface area contributed by atoms with Crippen molar-refractivity contribution < 1.29 is 19.4 Å². The van der Waals surface area contributed by atoms with Gasteiger partial charge in [-0.1, -0.05) is 0 Å². The van der Waals surface area contributed by atoms with Gasteiger partial charge in [0.15, 0.2) is 0 Å². The highest BCUT2D eigenvalue weighted by atomic mass is 16.5. The maximum atomic E-state index is 12.6. The fourth-order valence-electron chi connectivity index (χ4n) is 4.13. The molecule has 1 saturated carbocycles. The molecule has 1 aromatic heterocycles. The number of hydrogen-bond donors (Lipinski definition) is 2. The number of ether oxygens (including phenoxy) is 1. The van der Waals surface area contributed by atoms with Crippen LogP contribution >= 0.6 is 0 Å². The first kappa shape index (κ1) is 17.3. The third kappa shape index (κ3) is 3.67. The number of nitrogens with one attached hydrogen (secondary N) is 1. The number of pyridine rings is 1. The van der Waals surface area contributed by atoms with Crippen molar-refractivity contribution in [1.82, 2.24) is 10.3 Å². The molecule has 2 N–H and O–H groups in total. The molecule has 1 aliphatic carbocycles. The first-order valence-corrected chi connectivity index (χ1v) is 9.44. The fraction of sp³-hybridized carbons (Fsp3) is 0.632. The topological polar surface area (TPSA) is 91.8 Å². The van der Waals surface area contributed by atoms with E-state index in [-0.39, 0.29) is 23.4 Å². The van der Waals surface area contributed by atoms with Gasteiger partial charge in [0.2, 0.25) is 5.91 Å². The summed E-state index contributed by atoms with van der Waals surface area (Å²) in [6, 6.07) is 3.49. The Bertz CT molecular complexity index is 668. The van der Waals surface area contributed by atoms with E-state index in [1.54, 1.807) is 12.1 Å². The van der Waals surface area contributed by atoms with Crippen molar-refractivity contribution in [3.63, 3.8) is 0 Å². The Balaban J connectivity index is 1.43. The third-order valence-electron chi connectivity index (χ3n) is 5.83. The van der Waals surface area contributed by atoms with E-state index in [0.717, 1.165) is 31.7 Å². The molecule has 0 radical (unpaired) electrons. The number of carboxylic acid groups (broad SMARTS) is 1. The molecular formula is C19H25N3O4. The van der Waals surface area contributed by atoms with Crippen molar-refractivity contribution in [3.8, 4) is 0 Å². The summed E-state index contributed by atoms with van der Waals surface area (Å²) in [5, 5.41) is 12.3. The van der Waals surface area contributed by atoms with E-state index in [2.05, 4.69) is 15.2 Å². The van der Waals surface area contributed by atoms with Crippen LogP contribution < -0.4 is 10.2 Å². The minimum absolute atomic E-state index is 0.0608. The number of rotatable bonds is 5. The van der Waals surface area contributed by atoms with E-state index in [0.29, 0.717) is 25.0 Å². The molecule has 3 aliphatic rings. The van der Waals surface area contributed by atoms with Gasteiger partial charge >= 0.3 is 5.97 Å². The Morgan fingerprint density at radius 3 is 2.54 bits per heavy atom. The van der Waals surface area contributed by atoms with E-state index >= 15 is 0 Å². The second-order valence-corrected chi connectivity index (χ2v) is 7.62. The smallest absolute Gasteiger partial charge is 0.337 e. The summed E-state index contributed by atoms with van der Waals surface area (Å²) < 4.78 is 5.35. The molecule has 3 fully saturated rings. The summed E-state index contributed by atoms with van der Waals surface area (Å²) >= 11 is 0. The first-order valence-electron chi connectivity index (χ1n) is 9.44. The molecule has 0 spiro atoms. The van der Waals surface area contributed by atoms with Crippen molar-refractivity contribution in [2.24, 2.45) is 17.8 Å². The van der Waals surface area contributed by atoms with Gasteiger partial charge in [0.1, 0.15) is 5.82 Å². The fourth-order valence-corrected chi connectivity index (χ4v) is 4.13. The minimum Gasteiger partial charge on any atom is -0.478 e. The van der Waals surface area contributed by atoms with E-state index in [1.807, 2.05) is 0 Å². The lowest BCUT2D eigenvalue weighted by Gasteiger charge is -2.25. The molecule has 1 aromatic rings. The van der Waals surface area contributed by atoms with Crippen LogP contribution in [0, 0.1) is 17.8 Å². The monoisotopic (exact) mass is 359 g/mol. The van der Waals surface area contributed by atoms with Crippen molar-refractivity contribution in [2.45, 2.75) is 31.7 Å². The van der Waals surface area contributed by atoms with Gasteiger partial charge in [-0.05, 0) is 43.7 Å². The summed E-state index contributed by atoms with van der Waals surface area (Å²) in [7, 11) is 0. The Labute approximate surface area is 152 Å². The Morgan fingerprint density at radius 2 is 1.92 bits per heavy atom. The summed E-state index contributed by atoms with van der Waals surface area (Å²) in [4.78, 5) is 30.1. The maximum absolute atomic E-state index is 12.6. The molecule has 7 heteroatoms. The normalized spacial score (nSPS) is 26.7. The highest BCUT2D eigenvalue weighted by molar-refractivity contribution is 5.87. The molecular weight excluding hydrogens is 334 g/mol. The van der Waals surface area contributed by atoms with Crippen molar-refractivity contribution in [1.29, 1.82) is 0 Å². The Morgan fingerprint density at radius 1 is 1.15 bits per heavy atom. The number of carbonyl (C=O) groups is 2. The molecule has 26 heavy (non-hydrogen) atoms. The predicted octanol–water partition coefficient (Wildman–Crippen LogP) is 1.54. The predicted molar refractivity (Wildman–Crippen MR) is 95.1 cm³/mol. The van der Waals surface area contributed by atoms with Gasteiger partial charge in [0.25, 0.3) is 0 Å². The third-order valence-corrected chi connectivity index (χ3v) is 5.83. The van der Waals surface area contributed by atoms with Gasteiger partial charge in [0.05, 0.1) is 11.6 Å². The van der Waals surface area contributed by atoms with Crippen LogP contribution in [0.25, 0.3) is 0 Å². The molecule has 4 rings (SSSR count). The van der Waals surface area contributed by atoms with E-state index in [1.165, 1.54) is 19.0 Å². The van der Waals surface area contributed by atoms with Crippen LogP contribution in [0.2, 0.25) is 0 Å². The van der Waals surface area contributed by atoms with Gasteiger partial charge in [-0.3, -0.25) is 4.79 Å². The quantitative estimate of drug-likeness (QED) is 0.829. The van der Waals surface area contributed by atoms with Gasteiger partial charge in [-0.2, -0.15) is 0 Å². The van der Waals surface area contributed by atoms with Crippen molar-refractivity contribution in [2.75, 3.05) is 31.2 Å². The highest BCUT2D eigenvalue weighted by Gasteiger charge is 2.44. The van der Waals surface area contributed by atoms with Crippen molar-refractivity contribution in [3.05, 3.63) is 23.9 Å². The van der Waals surface area contributed by atoms with Crippen LogP contribution in [0.3, 0.4) is 0 Å². The second kappa shape index (κ2) is 7.23. The average Bonchev–Trinajstić information content (AvgIpc) is 3.43. The van der Waals surface area contributed by atoms with Crippen LogP contribution in [-0.4, -0.2) is 54.3 Å². The number of nitrogens with zero attached hydrogens (tertiary/aromatic N) is 2. The molecule has 0 bridgehead atoms. The molecule has 2 aliphatic heterocycles. The number of carbonyl (C=O) groups excluding carboxylic acids is 1. The second-order valence-electron chi connectivity index (χ2n) is 7.62.